The fourth-order valence-corrected chi connectivity index (χ4v) is 1.47. The first-order chi connectivity index (χ1) is 9.25. The summed E-state index contributed by atoms with van der Waals surface area (Å²) in [6, 6.07) is 0. The lowest BCUT2D eigenvalue weighted by Gasteiger charge is -2.29. The number of esters is 2. The zero-order valence-electron chi connectivity index (χ0n) is 12.0. The second kappa shape index (κ2) is 6.56. The lowest BCUT2D eigenvalue weighted by atomic mass is 10.2. The maximum atomic E-state index is 11.7. The van der Waals surface area contributed by atoms with Gasteiger partial charge in [-0.2, -0.15) is 5.10 Å². The van der Waals surface area contributed by atoms with E-state index in [2.05, 4.69) is 15.5 Å². The summed E-state index contributed by atoms with van der Waals surface area (Å²) in [5, 5.41) is 4.41. The fourth-order valence-electron chi connectivity index (χ4n) is 1.18. The molecule has 1 aliphatic rings. The van der Waals surface area contributed by atoms with Gasteiger partial charge in [-0.15, -0.1) is 0 Å². The number of nitrogens with one attached hydrogen (secondary N) is 1. The number of hydrazone groups is 1. The van der Waals surface area contributed by atoms with Crippen LogP contribution in [0.3, 0.4) is 0 Å². The Bertz CT molecular complexity index is 483. The first-order valence-electron chi connectivity index (χ1n) is 5.80. The Hall–Kier alpha value is -1.83. The fraction of sp³-hybridized carbons (Fsp3) is 0.500. The summed E-state index contributed by atoms with van der Waals surface area (Å²) in [5.41, 5.74) is 3.27. The van der Waals surface area contributed by atoms with Gasteiger partial charge in [0.2, 0.25) is 0 Å². The van der Waals surface area contributed by atoms with Crippen LogP contribution in [0.15, 0.2) is 21.9 Å². The predicted molar refractivity (Wildman–Crippen MR) is 77.2 cm³/mol. The molecule has 20 heavy (non-hydrogen) atoms. The second-order valence-electron chi connectivity index (χ2n) is 4.53. The number of rotatable bonds is 2. The van der Waals surface area contributed by atoms with Crippen molar-refractivity contribution in [3.63, 3.8) is 0 Å². The Balaban J connectivity index is 2.90. The quantitative estimate of drug-likeness (QED) is 0.207. The molecule has 1 fully saturated rings. The van der Waals surface area contributed by atoms with Crippen molar-refractivity contribution in [3.8, 4) is 0 Å². The average molecular weight is 299 g/mol. The summed E-state index contributed by atoms with van der Waals surface area (Å²) < 4.78 is 9.89. The van der Waals surface area contributed by atoms with Gasteiger partial charge in [0, 0.05) is 19.6 Å². The topological polar surface area (TPSA) is 89.4 Å². The molecule has 1 saturated heterocycles. The van der Waals surface area contributed by atoms with Crippen LogP contribution in [0.5, 0.6) is 0 Å². The van der Waals surface area contributed by atoms with E-state index in [-0.39, 0.29) is 5.57 Å². The maximum absolute atomic E-state index is 11.7. The molecule has 0 amide bonds. The summed E-state index contributed by atoms with van der Waals surface area (Å²) in [6.45, 7) is 6.61. The second-order valence-corrected chi connectivity index (χ2v) is 5.33. The minimum Gasteiger partial charge on any atom is -0.419 e. The van der Waals surface area contributed by atoms with E-state index >= 15 is 0 Å². The lowest BCUT2D eigenvalue weighted by molar-refractivity contribution is -0.222. The molecule has 7 nitrogen and oxygen atoms in total. The molecule has 1 aliphatic heterocycles. The molecule has 0 aromatic carbocycles. The lowest BCUT2D eigenvalue weighted by Crippen LogP contribution is -2.41. The van der Waals surface area contributed by atoms with Crippen molar-refractivity contribution in [3.05, 3.63) is 11.8 Å². The van der Waals surface area contributed by atoms with Gasteiger partial charge in [0.1, 0.15) is 0 Å². The molecule has 0 atom stereocenters. The summed E-state index contributed by atoms with van der Waals surface area (Å²) in [4.78, 5) is 27.3. The molecular weight excluding hydrogens is 282 g/mol. The standard InChI is InChI=1S/C12H17N3O4S/c1-7(2)14-15-11(20-5)13-6-8-9(16)18-12(3,4)19-10(8)17/h6H,1-5H3,(H,13,15). The van der Waals surface area contributed by atoms with E-state index in [1.165, 1.54) is 25.6 Å². The highest BCUT2D eigenvalue weighted by Crippen LogP contribution is 2.22. The first kappa shape index (κ1) is 16.2. The molecule has 0 aromatic rings. The molecule has 0 aromatic heterocycles. The predicted octanol–water partition coefficient (Wildman–Crippen LogP) is 1.41. The number of hydrogen-bond donors (Lipinski definition) is 1. The van der Waals surface area contributed by atoms with Crippen molar-refractivity contribution in [2.24, 2.45) is 10.1 Å². The highest BCUT2D eigenvalue weighted by molar-refractivity contribution is 8.13. The van der Waals surface area contributed by atoms with E-state index in [1.54, 1.807) is 6.26 Å². The molecule has 0 radical (unpaired) electrons. The molecule has 0 bridgehead atoms. The van der Waals surface area contributed by atoms with Crippen LogP contribution in [0.4, 0.5) is 0 Å². The number of hydrogen-bond acceptors (Lipinski definition) is 7. The highest BCUT2D eigenvalue weighted by atomic mass is 32.2. The van der Waals surface area contributed by atoms with Crippen molar-refractivity contribution in [1.82, 2.24) is 5.43 Å². The van der Waals surface area contributed by atoms with Crippen LogP contribution in [0.1, 0.15) is 27.7 Å². The number of nitrogens with zero attached hydrogens (tertiary/aromatic N) is 2. The smallest absolute Gasteiger partial charge is 0.350 e. The van der Waals surface area contributed by atoms with E-state index in [1.807, 2.05) is 13.8 Å². The van der Waals surface area contributed by atoms with Crippen LogP contribution in [0.25, 0.3) is 0 Å². The minimum absolute atomic E-state index is 0.255. The molecule has 8 heteroatoms. The van der Waals surface area contributed by atoms with E-state index < -0.39 is 17.7 Å². The number of carbonyl (C=O) groups excluding carboxylic acids is 2. The highest BCUT2D eigenvalue weighted by Gasteiger charge is 2.38. The molecule has 0 unspecified atom stereocenters. The van der Waals surface area contributed by atoms with Crippen molar-refractivity contribution < 1.29 is 19.1 Å². The van der Waals surface area contributed by atoms with Gasteiger partial charge in [0.25, 0.3) is 5.79 Å². The third kappa shape index (κ3) is 4.69. The zero-order valence-corrected chi connectivity index (χ0v) is 12.8. The molecule has 0 spiro atoms. The van der Waals surface area contributed by atoms with Crippen LogP contribution in [0, 0.1) is 0 Å². The Morgan fingerprint density at radius 2 is 1.80 bits per heavy atom. The number of aliphatic imine (C=N–C) groups is 1. The SMILES string of the molecule is CSC(=NC=C1C(=O)OC(C)(C)OC1=O)NN=C(C)C. The van der Waals surface area contributed by atoms with Gasteiger partial charge in [-0.3, -0.25) is 5.43 Å². The van der Waals surface area contributed by atoms with Gasteiger partial charge in [-0.25, -0.2) is 14.6 Å². The average Bonchev–Trinajstić information content (AvgIpc) is 2.30. The van der Waals surface area contributed by atoms with Crippen molar-refractivity contribution >= 4 is 34.6 Å². The molecular formula is C12H17N3O4S. The Morgan fingerprint density at radius 1 is 1.25 bits per heavy atom. The Labute approximate surface area is 121 Å². The zero-order chi connectivity index (χ0) is 15.3. The molecule has 0 aliphatic carbocycles. The van der Waals surface area contributed by atoms with E-state index in [0.29, 0.717) is 5.17 Å². The summed E-state index contributed by atoms with van der Waals surface area (Å²) >= 11 is 1.29. The van der Waals surface area contributed by atoms with Gasteiger partial charge in [0.05, 0.1) is 6.20 Å². The van der Waals surface area contributed by atoms with Gasteiger partial charge in [-0.1, -0.05) is 11.8 Å². The largest absolute Gasteiger partial charge is 0.419 e. The van der Waals surface area contributed by atoms with E-state index in [4.69, 9.17) is 9.47 Å². The van der Waals surface area contributed by atoms with E-state index in [0.717, 1.165) is 11.9 Å². The van der Waals surface area contributed by atoms with Crippen LogP contribution in [-0.4, -0.2) is 34.9 Å². The van der Waals surface area contributed by atoms with Crippen LogP contribution in [-0.2, 0) is 19.1 Å². The van der Waals surface area contributed by atoms with Gasteiger partial charge in [-0.05, 0) is 20.1 Å². The Kier molecular flexibility index (Phi) is 5.32. The normalized spacial score (nSPS) is 18.1. The van der Waals surface area contributed by atoms with Crippen LogP contribution < -0.4 is 5.43 Å². The number of ether oxygens (including phenoxy) is 2. The van der Waals surface area contributed by atoms with E-state index in [9.17, 15) is 9.59 Å². The number of amidine groups is 1. The third-order valence-corrected chi connectivity index (χ3v) is 2.58. The Morgan fingerprint density at radius 3 is 2.25 bits per heavy atom. The molecule has 1 N–H and O–H groups in total. The monoisotopic (exact) mass is 299 g/mol. The van der Waals surface area contributed by atoms with Gasteiger partial charge in [0.15, 0.2) is 10.7 Å². The number of carbonyl (C=O) groups is 2. The first-order valence-corrected chi connectivity index (χ1v) is 7.03. The van der Waals surface area contributed by atoms with Crippen molar-refractivity contribution in [1.29, 1.82) is 0 Å². The molecule has 1 heterocycles. The summed E-state index contributed by atoms with van der Waals surface area (Å²) in [5.74, 6) is -2.77. The summed E-state index contributed by atoms with van der Waals surface area (Å²) in [6.07, 6.45) is 2.89. The van der Waals surface area contributed by atoms with Gasteiger partial charge >= 0.3 is 11.9 Å². The van der Waals surface area contributed by atoms with Crippen LogP contribution in [0.2, 0.25) is 0 Å². The van der Waals surface area contributed by atoms with Crippen LogP contribution >= 0.6 is 11.8 Å². The molecule has 110 valence electrons. The maximum Gasteiger partial charge on any atom is 0.350 e. The molecule has 0 saturated carbocycles. The van der Waals surface area contributed by atoms with Gasteiger partial charge < -0.3 is 9.47 Å². The molecule has 1 rings (SSSR count). The summed E-state index contributed by atoms with van der Waals surface area (Å²) in [7, 11) is 0. The van der Waals surface area contributed by atoms with Crippen molar-refractivity contribution in [2.75, 3.05) is 6.26 Å². The number of thioether (sulfide) groups is 1. The minimum atomic E-state index is -1.25. The van der Waals surface area contributed by atoms with Crippen molar-refractivity contribution in [2.45, 2.75) is 33.5 Å². The number of cyclic esters (lactones) is 2. The third-order valence-electron chi connectivity index (χ3n) is 2.00.